The molecule has 1 heterocycles. The summed E-state index contributed by atoms with van der Waals surface area (Å²) in [7, 11) is 1.18. The van der Waals surface area contributed by atoms with E-state index in [0.29, 0.717) is 0 Å². The van der Waals surface area contributed by atoms with E-state index in [4.69, 9.17) is 0 Å². The van der Waals surface area contributed by atoms with Gasteiger partial charge in [0.25, 0.3) is 5.82 Å². The number of rotatable bonds is 6. The Morgan fingerprint density at radius 3 is 2.81 bits per heavy atom. The number of ether oxygens (including phenoxy) is 2. The van der Waals surface area contributed by atoms with Crippen molar-refractivity contribution in [2.75, 3.05) is 7.11 Å². The molecule has 0 fully saturated rings. The maximum absolute atomic E-state index is 12.1. The maximum Gasteiger partial charge on any atom is 0.573 e. The van der Waals surface area contributed by atoms with Crippen LogP contribution in [0.4, 0.5) is 13.2 Å². The fraction of sp³-hybridized carbons (Fsp3) is 0.250. The second-order valence-electron chi connectivity index (χ2n) is 3.54. The molecule has 0 saturated heterocycles. The second kappa shape index (κ2) is 7.27. The van der Waals surface area contributed by atoms with E-state index >= 15 is 0 Å². The van der Waals surface area contributed by atoms with Crippen molar-refractivity contribution in [3.05, 3.63) is 48.8 Å². The summed E-state index contributed by atoms with van der Waals surface area (Å²) in [5.41, 5.74) is 0. The molecule has 0 aliphatic carbocycles. The van der Waals surface area contributed by atoms with Gasteiger partial charge in [-0.1, -0.05) is 18.7 Å². The zero-order valence-electron chi connectivity index (χ0n) is 11.0. The number of methoxy groups -OCH3 is 1. The Hall–Kier alpha value is -2.58. The molecule has 1 aromatic heterocycles. The Kier molecular flexibility index (Phi) is 5.70. The van der Waals surface area contributed by atoms with Gasteiger partial charge in [0.15, 0.2) is 0 Å². The topological polar surface area (TPSA) is 66.2 Å². The first-order valence-electron chi connectivity index (χ1n) is 5.58. The summed E-state index contributed by atoms with van der Waals surface area (Å²) in [5.74, 6) is -1.27. The average Bonchev–Trinajstić information content (AvgIpc) is 2.85. The molecule has 0 radical (unpaired) electrons. The van der Waals surface area contributed by atoms with Crippen LogP contribution in [-0.4, -0.2) is 34.2 Å². The minimum atomic E-state index is -4.79. The van der Waals surface area contributed by atoms with Crippen LogP contribution in [0, 0.1) is 0 Å². The van der Waals surface area contributed by atoms with E-state index in [9.17, 15) is 18.0 Å². The molecule has 1 aromatic rings. The van der Waals surface area contributed by atoms with Gasteiger partial charge < -0.3 is 9.47 Å². The van der Waals surface area contributed by atoms with Crippen molar-refractivity contribution in [3.8, 4) is 0 Å². The number of aromatic nitrogens is 3. The van der Waals surface area contributed by atoms with Gasteiger partial charge in [0, 0.05) is 0 Å². The number of carbonyl (C=O) groups excluding carboxylic acids is 1. The number of allylic oxidation sites excluding steroid dienone is 4. The third-order valence-electron chi connectivity index (χ3n) is 1.99. The molecule has 0 spiro atoms. The Bertz CT molecular complexity index is 562. The lowest BCUT2D eigenvalue weighted by atomic mass is 10.4. The first kappa shape index (κ1) is 16.5. The van der Waals surface area contributed by atoms with Crippen LogP contribution in [0.25, 0.3) is 0 Å². The molecule has 0 saturated carbocycles. The van der Waals surface area contributed by atoms with E-state index in [1.807, 2.05) is 0 Å². The Morgan fingerprint density at radius 2 is 2.24 bits per heavy atom. The van der Waals surface area contributed by atoms with Crippen LogP contribution < -0.4 is 0 Å². The molecule has 0 bridgehead atoms. The average molecular weight is 303 g/mol. The molecule has 114 valence electrons. The van der Waals surface area contributed by atoms with Crippen molar-refractivity contribution in [1.82, 2.24) is 14.8 Å². The molecule has 0 aromatic carbocycles. The SMILES string of the molecule is C=C/C=C(\C=C/Cn1cnc(C(=O)OC)n1)OC(F)(F)F. The Labute approximate surface area is 118 Å². The zero-order chi connectivity index (χ0) is 15.9. The minimum Gasteiger partial charge on any atom is -0.463 e. The van der Waals surface area contributed by atoms with E-state index in [1.54, 1.807) is 0 Å². The van der Waals surface area contributed by atoms with E-state index in [1.165, 1.54) is 24.2 Å². The van der Waals surface area contributed by atoms with Crippen molar-refractivity contribution in [3.63, 3.8) is 0 Å². The lowest BCUT2D eigenvalue weighted by molar-refractivity contribution is -0.303. The maximum atomic E-state index is 12.1. The first-order valence-corrected chi connectivity index (χ1v) is 5.58. The molecule has 21 heavy (non-hydrogen) atoms. The fourth-order valence-corrected chi connectivity index (χ4v) is 1.22. The molecule has 0 aliphatic heterocycles. The highest BCUT2D eigenvalue weighted by Crippen LogP contribution is 2.21. The van der Waals surface area contributed by atoms with Gasteiger partial charge in [0.1, 0.15) is 12.1 Å². The molecule has 0 N–H and O–H groups in total. The van der Waals surface area contributed by atoms with Crippen molar-refractivity contribution in [2.24, 2.45) is 0 Å². The van der Waals surface area contributed by atoms with E-state index in [-0.39, 0.29) is 12.4 Å². The van der Waals surface area contributed by atoms with Crippen molar-refractivity contribution >= 4 is 5.97 Å². The smallest absolute Gasteiger partial charge is 0.463 e. The molecular weight excluding hydrogens is 291 g/mol. The van der Waals surface area contributed by atoms with Gasteiger partial charge in [-0.25, -0.2) is 14.5 Å². The largest absolute Gasteiger partial charge is 0.573 e. The lowest BCUT2D eigenvalue weighted by Crippen LogP contribution is -2.12. The number of carbonyl (C=O) groups is 1. The number of halogens is 3. The Balaban J connectivity index is 2.67. The summed E-state index contributed by atoms with van der Waals surface area (Å²) >= 11 is 0. The third-order valence-corrected chi connectivity index (χ3v) is 1.99. The summed E-state index contributed by atoms with van der Waals surface area (Å²) in [5, 5.41) is 3.78. The molecule has 0 unspecified atom stereocenters. The molecular formula is C12H12F3N3O3. The first-order chi connectivity index (χ1) is 9.85. The van der Waals surface area contributed by atoms with Gasteiger partial charge >= 0.3 is 12.3 Å². The summed E-state index contributed by atoms with van der Waals surface area (Å²) in [6, 6.07) is 0. The number of hydrogen-bond donors (Lipinski definition) is 0. The quantitative estimate of drug-likeness (QED) is 0.458. The van der Waals surface area contributed by atoms with Crippen LogP contribution in [0.15, 0.2) is 43.0 Å². The zero-order valence-corrected chi connectivity index (χ0v) is 11.0. The van der Waals surface area contributed by atoms with Gasteiger partial charge in [-0.15, -0.1) is 18.3 Å². The van der Waals surface area contributed by atoms with E-state index in [2.05, 4.69) is 26.1 Å². The highest BCUT2D eigenvalue weighted by molar-refractivity contribution is 5.84. The van der Waals surface area contributed by atoms with Crippen LogP contribution in [0.3, 0.4) is 0 Å². The number of hydrogen-bond acceptors (Lipinski definition) is 5. The van der Waals surface area contributed by atoms with Crippen molar-refractivity contribution in [2.45, 2.75) is 12.9 Å². The monoisotopic (exact) mass is 303 g/mol. The van der Waals surface area contributed by atoms with Gasteiger partial charge in [-0.05, 0) is 12.2 Å². The van der Waals surface area contributed by atoms with Gasteiger partial charge in [-0.3, -0.25) is 0 Å². The normalized spacial score (nSPS) is 12.5. The molecule has 0 atom stereocenters. The van der Waals surface area contributed by atoms with E-state index in [0.717, 1.165) is 18.2 Å². The third kappa shape index (κ3) is 5.93. The van der Waals surface area contributed by atoms with Crippen molar-refractivity contribution < 1.29 is 27.4 Å². The van der Waals surface area contributed by atoms with Crippen LogP contribution in [0.2, 0.25) is 0 Å². The van der Waals surface area contributed by atoms with Crippen LogP contribution >= 0.6 is 0 Å². The van der Waals surface area contributed by atoms with Crippen molar-refractivity contribution in [1.29, 1.82) is 0 Å². The molecule has 6 nitrogen and oxygen atoms in total. The number of alkyl halides is 3. The number of nitrogens with zero attached hydrogens (tertiary/aromatic N) is 3. The molecule has 0 aliphatic rings. The summed E-state index contributed by atoms with van der Waals surface area (Å²) < 4.78 is 45.7. The second-order valence-corrected chi connectivity index (χ2v) is 3.54. The summed E-state index contributed by atoms with van der Waals surface area (Å²) in [4.78, 5) is 14.8. The highest BCUT2D eigenvalue weighted by Gasteiger charge is 2.31. The van der Waals surface area contributed by atoms with Crippen LogP contribution in [-0.2, 0) is 16.0 Å². The number of esters is 1. The van der Waals surface area contributed by atoms with Gasteiger partial charge in [0.05, 0.1) is 13.7 Å². The molecule has 9 heteroatoms. The summed E-state index contributed by atoms with van der Waals surface area (Å²) in [6.45, 7) is 3.39. The predicted octanol–water partition coefficient (Wildman–Crippen LogP) is 2.23. The van der Waals surface area contributed by atoms with Crippen LogP contribution in [0.1, 0.15) is 10.6 Å². The van der Waals surface area contributed by atoms with Gasteiger partial charge in [-0.2, -0.15) is 0 Å². The van der Waals surface area contributed by atoms with Crippen LogP contribution in [0.5, 0.6) is 0 Å². The fourth-order valence-electron chi connectivity index (χ4n) is 1.22. The molecule has 1 rings (SSSR count). The van der Waals surface area contributed by atoms with E-state index < -0.39 is 18.1 Å². The predicted molar refractivity (Wildman–Crippen MR) is 65.9 cm³/mol. The lowest BCUT2D eigenvalue weighted by Gasteiger charge is -2.08. The van der Waals surface area contributed by atoms with Gasteiger partial charge in [0.2, 0.25) is 0 Å². The standard InChI is InChI=1S/C12H12F3N3O3/c1-3-5-9(21-12(13,14)15)6-4-7-18-8-16-10(17-18)11(19)20-2/h3-6,8H,1,7H2,2H3/b6-4-,9-5+. The minimum absolute atomic E-state index is 0.0969. The summed E-state index contributed by atoms with van der Waals surface area (Å²) in [6.07, 6.45) is 1.15. The molecule has 0 amide bonds. The Morgan fingerprint density at radius 1 is 1.52 bits per heavy atom. The highest BCUT2D eigenvalue weighted by atomic mass is 19.4.